The van der Waals surface area contributed by atoms with Crippen molar-refractivity contribution in [3.63, 3.8) is 0 Å². The highest BCUT2D eigenvalue weighted by molar-refractivity contribution is 5.47. The van der Waals surface area contributed by atoms with E-state index in [-0.39, 0.29) is 16.2 Å². The number of anilines is 1. The van der Waals surface area contributed by atoms with Crippen LogP contribution in [0.3, 0.4) is 0 Å². The van der Waals surface area contributed by atoms with Gasteiger partial charge in [0, 0.05) is 23.1 Å². The Labute approximate surface area is 256 Å². The van der Waals surface area contributed by atoms with Gasteiger partial charge < -0.3 is 5.32 Å². The van der Waals surface area contributed by atoms with Crippen LogP contribution in [-0.2, 0) is 6.42 Å². The van der Waals surface area contributed by atoms with Crippen molar-refractivity contribution in [2.24, 2.45) is 34.0 Å². The Morgan fingerprint density at radius 2 is 1.60 bits per heavy atom. The maximum Gasteiger partial charge on any atom is 0.0340 e. The molecule has 2 aromatic carbocycles. The molecule has 0 radical (unpaired) electrons. The third kappa shape index (κ3) is 5.29. The van der Waals surface area contributed by atoms with Gasteiger partial charge in [0.25, 0.3) is 0 Å². The predicted octanol–water partition coefficient (Wildman–Crippen LogP) is 11.0. The second kappa shape index (κ2) is 12.3. The molecule has 0 aromatic heterocycles. The van der Waals surface area contributed by atoms with Crippen molar-refractivity contribution in [2.75, 3.05) is 11.9 Å². The van der Waals surface area contributed by atoms with Crippen molar-refractivity contribution in [3.05, 3.63) is 126 Å². The van der Waals surface area contributed by atoms with Gasteiger partial charge in [-0.15, -0.1) is 6.58 Å². The van der Waals surface area contributed by atoms with Gasteiger partial charge in [-0.25, -0.2) is 0 Å². The van der Waals surface area contributed by atoms with Crippen LogP contribution in [0.25, 0.3) is 0 Å². The molecule has 3 fully saturated rings. The zero-order valence-corrected chi connectivity index (χ0v) is 26.7. The minimum absolute atomic E-state index is 0.0750. The Morgan fingerprint density at radius 1 is 0.929 bits per heavy atom. The first-order valence-corrected chi connectivity index (χ1v) is 16.3. The molecule has 1 nitrogen and oxygen atoms in total. The summed E-state index contributed by atoms with van der Waals surface area (Å²) in [7, 11) is 0. The van der Waals surface area contributed by atoms with E-state index in [1.165, 1.54) is 66.5 Å². The Morgan fingerprint density at radius 3 is 2.24 bits per heavy atom. The highest BCUT2D eigenvalue weighted by Crippen LogP contribution is 2.71. The molecule has 3 aliphatic rings. The third-order valence-corrected chi connectivity index (χ3v) is 12.0. The van der Waals surface area contributed by atoms with Crippen LogP contribution in [0.1, 0.15) is 82.4 Å². The smallest absolute Gasteiger partial charge is 0.0340 e. The van der Waals surface area contributed by atoms with Crippen LogP contribution in [0.4, 0.5) is 5.69 Å². The van der Waals surface area contributed by atoms with Gasteiger partial charge in [-0.3, -0.25) is 0 Å². The van der Waals surface area contributed by atoms with E-state index in [4.69, 9.17) is 6.58 Å². The Balaban J connectivity index is 1.38. The van der Waals surface area contributed by atoms with E-state index in [0.717, 1.165) is 31.2 Å². The Kier molecular flexibility index (Phi) is 8.89. The molecule has 1 N–H and O–H groups in total. The van der Waals surface area contributed by atoms with E-state index in [2.05, 4.69) is 119 Å². The van der Waals surface area contributed by atoms with E-state index in [1.54, 1.807) is 5.57 Å². The van der Waals surface area contributed by atoms with E-state index >= 15 is 0 Å². The lowest BCUT2D eigenvalue weighted by Gasteiger charge is -2.59. The van der Waals surface area contributed by atoms with Crippen molar-refractivity contribution in [1.29, 1.82) is 0 Å². The maximum absolute atomic E-state index is 4.77. The van der Waals surface area contributed by atoms with E-state index in [0.29, 0.717) is 5.92 Å². The van der Waals surface area contributed by atoms with Gasteiger partial charge in [0.05, 0.1) is 0 Å². The number of nitrogens with one attached hydrogen (secondary N) is 1. The third-order valence-electron chi connectivity index (χ3n) is 12.0. The molecule has 222 valence electrons. The average Bonchev–Trinajstić information content (AvgIpc) is 3.29. The van der Waals surface area contributed by atoms with Crippen molar-refractivity contribution in [3.8, 4) is 0 Å². The number of benzene rings is 2. The highest BCUT2D eigenvalue weighted by atomic mass is 14.9. The lowest BCUT2D eigenvalue weighted by atomic mass is 9.45. The molecule has 0 saturated heterocycles. The van der Waals surface area contributed by atoms with Crippen LogP contribution in [0.2, 0.25) is 0 Å². The number of allylic oxidation sites excluding steroid dienone is 6. The summed E-state index contributed by atoms with van der Waals surface area (Å²) in [4.78, 5) is 0. The van der Waals surface area contributed by atoms with Gasteiger partial charge in [-0.1, -0.05) is 110 Å². The van der Waals surface area contributed by atoms with E-state index < -0.39 is 0 Å². The highest BCUT2D eigenvalue weighted by Gasteiger charge is 2.64. The van der Waals surface area contributed by atoms with Crippen LogP contribution in [-0.4, -0.2) is 6.54 Å². The summed E-state index contributed by atoms with van der Waals surface area (Å²) in [5.74, 6) is 2.18. The molecule has 0 heterocycles. The summed E-state index contributed by atoms with van der Waals surface area (Å²) >= 11 is 0. The lowest BCUT2D eigenvalue weighted by molar-refractivity contribution is -0.0526. The molecule has 6 atom stereocenters. The quantitative estimate of drug-likeness (QED) is 0.285. The van der Waals surface area contributed by atoms with Crippen LogP contribution >= 0.6 is 0 Å². The van der Waals surface area contributed by atoms with Gasteiger partial charge >= 0.3 is 0 Å². The maximum atomic E-state index is 4.77. The van der Waals surface area contributed by atoms with Crippen molar-refractivity contribution < 1.29 is 0 Å². The van der Waals surface area contributed by atoms with Gasteiger partial charge in [0.1, 0.15) is 0 Å². The molecule has 0 spiro atoms. The Hall–Kier alpha value is -3.06. The first-order chi connectivity index (χ1) is 20.2. The predicted molar refractivity (Wildman–Crippen MR) is 183 cm³/mol. The van der Waals surface area contributed by atoms with Crippen molar-refractivity contribution in [2.45, 2.75) is 79.1 Å². The largest absolute Gasteiger partial charge is 0.384 e. The number of aryl methyl sites for hydroxylation is 1. The molecule has 42 heavy (non-hydrogen) atoms. The first-order valence-electron chi connectivity index (χ1n) is 16.3. The second-order valence-corrected chi connectivity index (χ2v) is 14.0. The number of hydrogen-bond acceptors (Lipinski definition) is 1. The fourth-order valence-electron chi connectivity index (χ4n) is 9.68. The van der Waals surface area contributed by atoms with Gasteiger partial charge in [-0.05, 0) is 112 Å². The minimum Gasteiger partial charge on any atom is -0.384 e. The van der Waals surface area contributed by atoms with Crippen LogP contribution in [0.15, 0.2) is 110 Å². The fraction of sp³-hybridized carbons (Fsp3) is 0.463. The molecule has 0 amide bonds. The summed E-state index contributed by atoms with van der Waals surface area (Å²) in [5, 5.41) is 3.93. The molecule has 1 heteroatoms. The topological polar surface area (TPSA) is 12.0 Å². The normalized spacial score (nSPS) is 33.2. The monoisotopic (exact) mass is 559 g/mol. The van der Waals surface area contributed by atoms with E-state index in [9.17, 15) is 0 Å². The van der Waals surface area contributed by atoms with Gasteiger partial charge in [0.15, 0.2) is 0 Å². The summed E-state index contributed by atoms with van der Waals surface area (Å²) < 4.78 is 0. The molecule has 0 bridgehead atoms. The second-order valence-electron chi connectivity index (χ2n) is 14.0. The SMILES string of the molecule is C=C/C=C1/CCC2C(CCC3(C)C2CCC3(CNc2ccc(Cc3ccc(C)cc3)cc2)C(=C)CC=C)C1(C)/C=C\C. The lowest BCUT2D eigenvalue weighted by Crippen LogP contribution is -2.53. The summed E-state index contributed by atoms with van der Waals surface area (Å²) in [6.07, 6.45) is 20.6. The summed E-state index contributed by atoms with van der Waals surface area (Å²) in [6.45, 7) is 23.4. The van der Waals surface area contributed by atoms with Crippen LogP contribution in [0.5, 0.6) is 0 Å². The number of fused-ring (bicyclic) bond motifs is 3. The van der Waals surface area contributed by atoms with Gasteiger partial charge in [0.2, 0.25) is 0 Å². The summed E-state index contributed by atoms with van der Waals surface area (Å²) in [6, 6.07) is 18.0. The van der Waals surface area contributed by atoms with Crippen LogP contribution in [0, 0.1) is 40.9 Å². The van der Waals surface area contributed by atoms with Gasteiger partial charge in [-0.2, -0.15) is 0 Å². The summed E-state index contributed by atoms with van der Waals surface area (Å²) in [5.41, 5.74) is 8.65. The number of rotatable bonds is 10. The van der Waals surface area contributed by atoms with Crippen LogP contribution < -0.4 is 5.32 Å². The zero-order valence-electron chi connectivity index (χ0n) is 26.7. The zero-order chi connectivity index (χ0) is 30.0. The molecule has 3 aliphatic carbocycles. The average molecular weight is 560 g/mol. The standard InChI is InChI=1S/C41H53N/c1-8-11-31(5)41(29-42-35-20-17-33(18-21-35)28-32-15-13-30(4)14-16-32)27-24-38-36-22-19-34(12-9-2)39(6,25-10-3)37(36)23-26-40(38,41)7/h8-10,12-18,20-21,25,36-38,42H,1-2,5,11,19,22-24,26-29H2,3-4,6-7H3/b25-10-,34-12-. The first kappa shape index (κ1) is 30.4. The minimum atomic E-state index is 0.0750. The molecule has 2 aromatic rings. The molecular formula is C41H53N. The molecular weight excluding hydrogens is 506 g/mol. The van der Waals surface area contributed by atoms with Crippen molar-refractivity contribution in [1.82, 2.24) is 0 Å². The molecule has 5 rings (SSSR count). The molecule has 0 aliphatic heterocycles. The Bertz CT molecular complexity index is 1340. The fourth-order valence-corrected chi connectivity index (χ4v) is 9.68. The molecule has 6 unspecified atom stereocenters. The number of hydrogen-bond donors (Lipinski definition) is 1. The molecule has 3 saturated carbocycles. The van der Waals surface area contributed by atoms with Crippen molar-refractivity contribution >= 4 is 5.69 Å². The van der Waals surface area contributed by atoms with E-state index in [1.807, 2.05) is 6.08 Å².